The molecule has 6 nitrogen and oxygen atoms in total. The Morgan fingerprint density at radius 3 is 2.57 bits per heavy atom. The highest BCUT2D eigenvalue weighted by molar-refractivity contribution is 7.20. The van der Waals surface area contributed by atoms with Crippen molar-refractivity contribution in [2.45, 2.75) is 51.0 Å². The molecule has 3 heterocycles. The van der Waals surface area contributed by atoms with E-state index in [9.17, 15) is 4.79 Å². The third-order valence-corrected chi connectivity index (χ3v) is 7.49. The lowest BCUT2D eigenvalue weighted by molar-refractivity contribution is -0.122. The third-order valence-electron chi connectivity index (χ3n) is 6.25. The summed E-state index contributed by atoms with van der Waals surface area (Å²) in [7, 11) is 0. The van der Waals surface area contributed by atoms with Crippen LogP contribution in [0.3, 0.4) is 0 Å². The van der Waals surface area contributed by atoms with E-state index in [0.717, 1.165) is 52.3 Å². The van der Waals surface area contributed by atoms with Gasteiger partial charge in [-0.1, -0.05) is 47.9 Å². The normalized spacial score (nSPS) is 18.4. The predicted molar refractivity (Wildman–Crippen MR) is 121 cm³/mol. The summed E-state index contributed by atoms with van der Waals surface area (Å²) in [5.41, 5.74) is 1.94. The Morgan fingerprint density at radius 2 is 1.87 bits per heavy atom. The smallest absolute Gasteiger partial charge is 0.220 e. The first-order chi connectivity index (χ1) is 14.6. The van der Waals surface area contributed by atoms with Crippen LogP contribution in [-0.4, -0.2) is 39.6 Å². The summed E-state index contributed by atoms with van der Waals surface area (Å²) in [4.78, 5) is 20.2. The molecule has 1 saturated heterocycles. The molecule has 2 aromatic heterocycles. The number of nitrogens with one attached hydrogen (secondary N) is 1. The number of carbonyl (C=O) groups is 1. The maximum Gasteiger partial charge on any atom is 0.220 e. The van der Waals surface area contributed by atoms with Gasteiger partial charge < -0.3 is 10.2 Å². The minimum Gasteiger partial charge on any atom is -0.353 e. The molecule has 5 rings (SSSR count). The van der Waals surface area contributed by atoms with Crippen LogP contribution < -0.4 is 10.2 Å². The summed E-state index contributed by atoms with van der Waals surface area (Å²) >= 11 is 7.59. The Bertz CT molecular complexity index is 985. The maximum absolute atomic E-state index is 12.3. The molecule has 1 saturated carbocycles. The first-order valence-electron chi connectivity index (χ1n) is 10.8. The fourth-order valence-electron chi connectivity index (χ4n) is 4.56. The number of aromatic nitrogens is 3. The van der Waals surface area contributed by atoms with E-state index in [-0.39, 0.29) is 11.9 Å². The van der Waals surface area contributed by atoms with Crippen LogP contribution in [0.1, 0.15) is 44.9 Å². The number of amides is 1. The first kappa shape index (κ1) is 19.8. The standard InChI is InChI=1S/C22H26ClN5OS/c23-17-7-5-16(6-8-17)19-14-28-21(25-19)30-22(26-28)27-11-9-18(10-12-27)24-20(29)13-15-3-1-2-4-15/h5-8,14-15,18H,1-4,9-13H2,(H,24,29). The van der Waals surface area contributed by atoms with Crippen molar-refractivity contribution in [1.82, 2.24) is 19.9 Å². The number of nitrogens with zero attached hydrogens (tertiary/aromatic N) is 4. The highest BCUT2D eigenvalue weighted by Crippen LogP contribution is 2.30. The number of halogens is 1. The van der Waals surface area contributed by atoms with Crippen LogP contribution in [0.4, 0.5) is 5.13 Å². The van der Waals surface area contributed by atoms with Gasteiger partial charge in [0.2, 0.25) is 16.0 Å². The molecule has 158 valence electrons. The van der Waals surface area contributed by atoms with E-state index in [1.165, 1.54) is 25.7 Å². The van der Waals surface area contributed by atoms with E-state index < -0.39 is 0 Å². The fraction of sp³-hybridized carbons (Fsp3) is 0.500. The molecule has 2 aliphatic rings. The Hall–Kier alpha value is -2.12. The zero-order valence-corrected chi connectivity index (χ0v) is 18.5. The lowest BCUT2D eigenvalue weighted by Crippen LogP contribution is -2.45. The number of imidazole rings is 1. The zero-order chi connectivity index (χ0) is 20.5. The Kier molecular flexibility index (Phi) is 5.65. The number of hydrogen-bond acceptors (Lipinski definition) is 5. The second kappa shape index (κ2) is 8.55. The van der Waals surface area contributed by atoms with Gasteiger partial charge >= 0.3 is 0 Å². The fourth-order valence-corrected chi connectivity index (χ4v) is 5.62. The molecule has 0 unspecified atom stereocenters. The van der Waals surface area contributed by atoms with E-state index >= 15 is 0 Å². The second-order valence-corrected chi connectivity index (χ2v) is 9.80. The summed E-state index contributed by atoms with van der Waals surface area (Å²) in [5, 5.41) is 9.72. The highest BCUT2D eigenvalue weighted by Gasteiger charge is 2.25. The Morgan fingerprint density at radius 1 is 1.13 bits per heavy atom. The van der Waals surface area contributed by atoms with E-state index in [0.29, 0.717) is 12.3 Å². The molecule has 1 aliphatic heterocycles. The summed E-state index contributed by atoms with van der Waals surface area (Å²) in [5.74, 6) is 0.845. The van der Waals surface area contributed by atoms with Crippen LogP contribution in [0.2, 0.25) is 5.02 Å². The monoisotopic (exact) mass is 443 g/mol. The summed E-state index contributed by atoms with van der Waals surface area (Å²) in [6.45, 7) is 1.82. The second-order valence-electron chi connectivity index (χ2n) is 8.43. The Balaban J connectivity index is 1.17. The van der Waals surface area contributed by atoms with Gasteiger partial charge in [-0.25, -0.2) is 9.50 Å². The number of hydrogen-bond donors (Lipinski definition) is 1. The van der Waals surface area contributed by atoms with Crippen LogP contribution in [0.5, 0.6) is 0 Å². The lowest BCUT2D eigenvalue weighted by Gasteiger charge is -2.32. The third kappa shape index (κ3) is 4.32. The van der Waals surface area contributed by atoms with Crippen molar-refractivity contribution in [3.63, 3.8) is 0 Å². The molecular formula is C22H26ClN5OS. The molecule has 1 aromatic carbocycles. The first-order valence-corrected chi connectivity index (χ1v) is 12.0. The van der Waals surface area contributed by atoms with Crippen LogP contribution in [0, 0.1) is 5.92 Å². The number of rotatable bonds is 5. The highest BCUT2D eigenvalue weighted by atomic mass is 35.5. The van der Waals surface area contributed by atoms with Crippen LogP contribution in [-0.2, 0) is 4.79 Å². The number of piperidine rings is 1. The van der Waals surface area contributed by atoms with Crippen molar-refractivity contribution in [2.24, 2.45) is 5.92 Å². The molecule has 8 heteroatoms. The molecule has 30 heavy (non-hydrogen) atoms. The van der Waals surface area contributed by atoms with Crippen molar-refractivity contribution in [1.29, 1.82) is 0 Å². The minimum absolute atomic E-state index is 0.239. The average Bonchev–Trinajstić information content (AvgIpc) is 3.46. The van der Waals surface area contributed by atoms with Crippen LogP contribution >= 0.6 is 22.9 Å². The predicted octanol–water partition coefficient (Wildman–Crippen LogP) is 4.78. The molecule has 3 aromatic rings. The van der Waals surface area contributed by atoms with Gasteiger partial charge in [0, 0.05) is 36.1 Å². The van der Waals surface area contributed by atoms with Gasteiger partial charge in [-0.15, -0.1) is 5.10 Å². The molecule has 1 amide bonds. The van der Waals surface area contributed by atoms with E-state index in [4.69, 9.17) is 21.7 Å². The quantitative estimate of drug-likeness (QED) is 0.616. The lowest BCUT2D eigenvalue weighted by atomic mass is 10.0. The van der Waals surface area contributed by atoms with Gasteiger partial charge in [-0.2, -0.15) is 0 Å². The molecule has 0 atom stereocenters. The SMILES string of the molecule is O=C(CC1CCCC1)NC1CCN(c2nn3cc(-c4ccc(Cl)cc4)nc3s2)CC1. The summed E-state index contributed by atoms with van der Waals surface area (Å²) in [6, 6.07) is 7.98. The molecule has 0 spiro atoms. The molecule has 1 N–H and O–H groups in total. The van der Waals surface area contributed by atoms with Crippen molar-refractivity contribution in [3.05, 3.63) is 35.5 Å². The number of anilines is 1. The van der Waals surface area contributed by atoms with Crippen molar-refractivity contribution < 1.29 is 4.79 Å². The topological polar surface area (TPSA) is 62.5 Å². The van der Waals surface area contributed by atoms with E-state index in [1.807, 2.05) is 35.0 Å². The van der Waals surface area contributed by atoms with Gasteiger partial charge in [0.05, 0.1) is 11.9 Å². The van der Waals surface area contributed by atoms with Crippen molar-refractivity contribution >= 4 is 38.9 Å². The minimum atomic E-state index is 0.239. The van der Waals surface area contributed by atoms with Crippen molar-refractivity contribution in [2.75, 3.05) is 18.0 Å². The van der Waals surface area contributed by atoms with Gasteiger partial charge in [0.1, 0.15) is 0 Å². The maximum atomic E-state index is 12.3. The van der Waals surface area contributed by atoms with E-state index in [2.05, 4.69) is 10.2 Å². The van der Waals surface area contributed by atoms with Gasteiger partial charge in [-0.05, 0) is 43.7 Å². The molecular weight excluding hydrogens is 418 g/mol. The largest absolute Gasteiger partial charge is 0.353 e. The summed E-state index contributed by atoms with van der Waals surface area (Å²) in [6.07, 6.45) is 9.62. The number of fused-ring (bicyclic) bond motifs is 1. The molecule has 0 radical (unpaired) electrons. The number of benzene rings is 1. The molecule has 1 aliphatic carbocycles. The zero-order valence-electron chi connectivity index (χ0n) is 16.9. The molecule has 2 fully saturated rings. The summed E-state index contributed by atoms with van der Waals surface area (Å²) < 4.78 is 1.86. The van der Waals surface area contributed by atoms with Crippen LogP contribution in [0.15, 0.2) is 30.5 Å². The Labute approximate surface area is 185 Å². The van der Waals surface area contributed by atoms with Gasteiger partial charge in [0.15, 0.2) is 0 Å². The van der Waals surface area contributed by atoms with Crippen LogP contribution in [0.25, 0.3) is 16.2 Å². The van der Waals surface area contributed by atoms with Gasteiger partial charge in [-0.3, -0.25) is 4.79 Å². The van der Waals surface area contributed by atoms with Crippen molar-refractivity contribution in [3.8, 4) is 11.3 Å². The number of carbonyl (C=O) groups excluding carboxylic acids is 1. The van der Waals surface area contributed by atoms with Gasteiger partial charge in [0.25, 0.3) is 0 Å². The molecule has 0 bridgehead atoms. The average molecular weight is 444 g/mol. The van der Waals surface area contributed by atoms with E-state index in [1.54, 1.807) is 11.3 Å².